The van der Waals surface area contributed by atoms with Gasteiger partial charge in [0.1, 0.15) is 6.61 Å². The van der Waals surface area contributed by atoms with Gasteiger partial charge in [0.15, 0.2) is 0 Å². The lowest BCUT2D eigenvalue weighted by atomic mass is 10.0. The summed E-state index contributed by atoms with van der Waals surface area (Å²) in [4.78, 5) is 13.6. The molecule has 2 fully saturated rings. The second-order valence-electron chi connectivity index (χ2n) is 8.55. The molecule has 180 valence electrons. The van der Waals surface area contributed by atoms with Crippen molar-refractivity contribution in [2.24, 2.45) is 0 Å². The molecule has 0 radical (unpaired) electrons. The van der Waals surface area contributed by atoms with Gasteiger partial charge in [-0.25, -0.2) is 4.79 Å². The molecule has 2 atom stereocenters. The third-order valence-corrected chi connectivity index (χ3v) is 5.21. The number of rotatable bonds is 2. The van der Waals surface area contributed by atoms with Gasteiger partial charge in [-0.3, -0.25) is 0 Å². The Morgan fingerprint density at radius 3 is 2.32 bits per heavy atom. The van der Waals surface area contributed by atoms with Crippen LogP contribution in [-0.4, -0.2) is 70.8 Å². The molecule has 0 saturated carbocycles. The molecule has 31 heavy (non-hydrogen) atoms. The van der Waals surface area contributed by atoms with Crippen molar-refractivity contribution in [1.82, 2.24) is 10.2 Å². The minimum absolute atomic E-state index is 0. The van der Waals surface area contributed by atoms with Crippen molar-refractivity contribution in [3.05, 3.63) is 35.9 Å². The van der Waals surface area contributed by atoms with Crippen molar-refractivity contribution in [3.63, 3.8) is 0 Å². The van der Waals surface area contributed by atoms with Crippen LogP contribution in [0.25, 0.3) is 0 Å². The van der Waals surface area contributed by atoms with E-state index in [9.17, 15) is 15.0 Å². The van der Waals surface area contributed by atoms with Gasteiger partial charge in [-0.05, 0) is 64.5 Å². The molecule has 2 unspecified atom stereocenters. The number of nitrogens with one attached hydrogen (secondary N) is 1. The maximum Gasteiger partial charge on any atom is 0.410 e. The molecule has 1 aromatic carbocycles. The van der Waals surface area contributed by atoms with E-state index in [0.717, 1.165) is 57.9 Å². The van der Waals surface area contributed by atoms with Crippen LogP contribution in [0.15, 0.2) is 30.3 Å². The zero-order chi connectivity index (χ0) is 22.5. The predicted octanol–water partition coefficient (Wildman–Crippen LogP) is 3.32. The van der Waals surface area contributed by atoms with Gasteiger partial charge in [0.2, 0.25) is 0 Å². The molecule has 7 heteroatoms. The average molecular weight is 441 g/mol. The molecule has 1 amide bonds. The normalized spacial score (nSPS) is 25.8. The van der Waals surface area contributed by atoms with Gasteiger partial charge in [-0.2, -0.15) is 0 Å². The van der Waals surface area contributed by atoms with Gasteiger partial charge < -0.3 is 30.3 Å². The van der Waals surface area contributed by atoms with Crippen LogP contribution in [0.1, 0.15) is 65.4 Å². The zero-order valence-corrected chi connectivity index (χ0v) is 18.8. The molecule has 0 aliphatic carbocycles. The number of aliphatic hydroxyl groups excluding tert-OH is 1. The molecule has 1 aromatic rings. The maximum absolute atomic E-state index is 12.0. The van der Waals surface area contributed by atoms with Crippen LogP contribution in [-0.2, 0) is 11.3 Å². The molecule has 4 N–H and O–H groups in total. The first-order valence-corrected chi connectivity index (χ1v) is 10.8. The number of amides is 1. The molecule has 2 saturated heterocycles. The summed E-state index contributed by atoms with van der Waals surface area (Å²) in [6.07, 6.45) is 5.54. The Balaban J connectivity index is 0.000000633. The monoisotopic (exact) mass is 440 g/mol. The Kier molecular flexibility index (Phi) is 14.4. The van der Waals surface area contributed by atoms with Crippen molar-refractivity contribution >= 4 is 6.09 Å². The van der Waals surface area contributed by atoms with Crippen LogP contribution in [0.4, 0.5) is 4.79 Å². The lowest BCUT2D eigenvalue weighted by molar-refractivity contribution is 0.0175. The van der Waals surface area contributed by atoms with Crippen molar-refractivity contribution in [3.8, 4) is 0 Å². The Morgan fingerprint density at radius 2 is 1.65 bits per heavy atom. The lowest BCUT2D eigenvalue weighted by Crippen LogP contribution is -2.42. The van der Waals surface area contributed by atoms with Gasteiger partial charge in [0.05, 0.1) is 17.7 Å². The molecule has 2 aliphatic heterocycles. The van der Waals surface area contributed by atoms with E-state index in [-0.39, 0.29) is 20.1 Å². The smallest absolute Gasteiger partial charge is 0.410 e. The van der Waals surface area contributed by atoms with E-state index in [4.69, 9.17) is 9.84 Å². The number of hydrogen-bond donors (Lipinski definition) is 4. The van der Waals surface area contributed by atoms with Gasteiger partial charge >= 0.3 is 6.09 Å². The van der Waals surface area contributed by atoms with Crippen molar-refractivity contribution in [1.29, 1.82) is 0 Å². The lowest BCUT2D eigenvalue weighted by Gasteiger charge is -2.27. The highest BCUT2D eigenvalue weighted by atomic mass is 16.6. The average Bonchev–Trinajstić information content (AvgIpc) is 3.05. The molecule has 0 spiro atoms. The number of nitrogens with zero attached hydrogens (tertiary/aromatic N) is 1. The molecular formula is C24H44N2O5. The van der Waals surface area contributed by atoms with Crippen LogP contribution in [0.5, 0.6) is 0 Å². The fourth-order valence-corrected chi connectivity index (χ4v) is 3.55. The molecule has 2 aliphatic rings. The van der Waals surface area contributed by atoms with Crippen molar-refractivity contribution in [2.75, 3.05) is 33.3 Å². The first kappa shape index (κ1) is 29.3. The summed E-state index contributed by atoms with van der Waals surface area (Å²) in [5, 5.41) is 29.8. The summed E-state index contributed by atoms with van der Waals surface area (Å²) in [7, 11) is 1.00. The highest BCUT2D eigenvalue weighted by Gasteiger charge is 2.29. The van der Waals surface area contributed by atoms with Crippen LogP contribution >= 0.6 is 0 Å². The summed E-state index contributed by atoms with van der Waals surface area (Å²) in [6.45, 7) is 6.77. The van der Waals surface area contributed by atoms with Gasteiger partial charge in [0, 0.05) is 20.2 Å². The number of hydrogen-bond acceptors (Lipinski definition) is 6. The van der Waals surface area contributed by atoms with Crippen LogP contribution in [0.3, 0.4) is 0 Å². The number of carbonyl (C=O) groups excluding carboxylic acids is 1. The van der Waals surface area contributed by atoms with Crippen LogP contribution in [0, 0.1) is 0 Å². The summed E-state index contributed by atoms with van der Waals surface area (Å²) < 4.78 is 5.29. The molecule has 0 aromatic heterocycles. The third-order valence-electron chi connectivity index (χ3n) is 5.21. The third kappa shape index (κ3) is 12.7. The number of benzene rings is 1. The summed E-state index contributed by atoms with van der Waals surface area (Å²) in [6, 6.07) is 9.61. The van der Waals surface area contributed by atoms with Gasteiger partial charge in [0.25, 0.3) is 0 Å². The standard InChI is InChI=1S/C15H21NO3.C7H15NO.CH4O.CH4/c1-15(18)9-5-6-10-16(12-15)14(17)19-11-13-7-3-2-4-8-13;1-7(9)4-2-3-5-8-6-7;1-2;/h2-4,7-8,18H,5-6,9-12H2,1H3;8-9H,2-6H2,1H3;2H,1H3;1H4. The van der Waals surface area contributed by atoms with Crippen LogP contribution in [0.2, 0.25) is 0 Å². The number of aliphatic hydroxyl groups is 3. The van der Waals surface area contributed by atoms with Crippen molar-refractivity contribution < 1.29 is 24.9 Å². The topological polar surface area (TPSA) is 102 Å². The number of carbonyl (C=O) groups is 1. The van der Waals surface area contributed by atoms with E-state index in [2.05, 4.69) is 5.32 Å². The number of likely N-dealkylation sites (tertiary alicyclic amines) is 1. The zero-order valence-electron chi connectivity index (χ0n) is 18.8. The Hall–Kier alpha value is -1.67. The summed E-state index contributed by atoms with van der Waals surface area (Å²) in [5.74, 6) is 0. The highest BCUT2D eigenvalue weighted by molar-refractivity contribution is 5.67. The first-order chi connectivity index (χ1) is 14.3. The summed E-state index contributed by atoms with van der Waals surface area (Å²) in [5.41, 5.74) is -0.281. The molecular weight excluding hydrogens is 396 g/mol. The van der Waals surface area contributed by atoms with Gasteiger partial charge in [-0.1, -0.05) is 37.8 Å². The van der Waals surface area contributed by atoms with Crippen LogP contribution < -0.4 is 5.32 Å². The molecule has 3 rings (SSSR count). The second-order valence-corrected chi connectivity index (χ2v) is 8.55. The first-order valence-electron chi connectivity index (χ1n) is 10.8. The summed E-state index contributed by atoms with van der Waals surface area (Å²) >= 11 is 0. The Bertz CT molecular complexity index is 583. The van der Waals surface area contributed by atoms with E-state index in [1.165, 1.54) is 6.42 Å². The SMILES string of the molecule is C.CC1(O)CCCCN(C(=O)OCc2ccccc2)C1.CC1(O)CCCCNC1.CO. The quantitative estimate of drug-likeness (QED) is 0.563. The fraction of sp³-hybridized carbons (Fsp3) is 0.708. The molecule has 0 bridgehead atoms. The van der Waals surface area contributed by atoms with Crippen molar-refractivity contribution in [2.45, 2.75) is 77.6 Å². The molecule has 2 heterocycles. The Morgan fingerprint density at radius 1 is 1.03 bits per heavy atom. The van der Waals surface area contributed by atoms with E-state index >= 15 is 0 Å². The number of ether oxygens (including phenoxy) is 1. The van der Waals surface area contributed by atoms with E-state index in [1.807, 2.05) is 37.3 Å². The minimum atomic E-state index is -0.803. The minimum Gasteiger partial charge on any atom is -0.445 e. The van der Waals surface area contributed by atoms with E-state index in [0.29, 0.717) is 13.1 Å². The van der Waals surface area contributed by atoms with E-state index in [1.54, 1.807) is 11.8 Å². The fourth-order valence-electron chi connectivity index (χ4n) is 3.55. The maximum atomic E-state index is 12.0. The second kappa shape index (κ2) is 15.2. The molecule has 7 nitrogen and oxygen atoms in total. The van der Waals surface area contributed by atoms with Gasteiger partial charge in [-0.15, -0.1) is 0 Å². The predicted molar refractivity (Wildman–Crippen MR) is 125 cm³/mol. The van der Waals surface area contributed by atoms with E-state index < -0.39 is 11.2 Å². The largest absolute Gasteiger partial charge is 0.445 e. The highest BCUT2D eigenvalue weighted by Crippen LogP contribution is 2.20. The Labute approximate surface area is 188 Å². The number of β-amino-alcohol motifs (C(OH)–C–C–N with tert-alkyl or cyclic N) is 2.